The zero-order valence-electron chi connectivity index (χ0n) is 9.09. The Morgan fingerprint density at radius 2 is 2.14 bits per heavy atom. The van der Waals surface area contributed by atoms with Gasteiger partial charge in [-0.05, 0) is 61.2 Å². The molecule has 1 aromatic heterocycles. The molecule has 0 radical (unpaired) electrons. The Hall–Kier alpha value is -0.340. The standard InChI is InChI=1S/C12H21NS/c1-2-8-13-9-5-3-4-6-12-7-10-14-11-12/h7,10-11,13H,2-6,8-9H2,1H3. The second kappa shape index (κ2) is 8.01. The van der Waals surface area contributed by atoms with E-state index in [0.29, 0.717) is 0 Å². The quantitative estimate of drug-likeness (QED) is 0.649. The Bertz CT molecular complexity index is 206. The Morgan fingerprint density at radius 3 is 2.86 bits per heavy atom. The summed E-state index contributed by atoms with van der Waals surface area (Å²) in [4.78, 5) is 0. The van der Waals surface area contributed by atoms with Gasteiger partial charge < -0.3 is 5.32 Å². The maximum Gasteiger partial charge on any atom is -0.00489 e. The number of rotatable bonds is 8. The molecular formula is C12H21NS. The first-order valence-electron chi connectivity index (χ1n) is 5.65. The van der Waals surface area contributed by atoms with Crippen molar-refractivity contribution < 1.29 is 0 Å². The molecule has 0 aliphatic heterocycles. The second-order valence-corrected chi connectivity index (χ2v) is 4.47. The monoisotopic (exact) mass is 211 g/mol. The van der Waals surface area contributed by atoms with Gasteiger partial charge in [0.25, 0.3) is 0 Å². The van der Waals surface area contributed by atoms with Crippen LogP contribution in [0.2, 0.25) is 0 Å². The molecule has 0 atom stereocenters. The molecule has 0 spiro atoms. The summed E-state index contributed by atoms with van der Waals surface area (Å²) in [5.74, 6) is 0. The lowest BCUT2D eigenvalue weighted by Crippen LogP contribution is -2.15. The normalized spacial score (nSPS) is 10.6. The number of aryl methyl sites for hydroxylation is 1. The highest BCUT2D eigenvalue weighted by atomic mass is 32.1. The minimum Gasteiger partial charge on any atom is -0.317 e. The van der Waals surface area contributed by atoms with Gasteiger partial charge >= 0.3 is 0 Å². The summed E-state index contributed by atoms with van der Waals surface area (Å²) >= 11 is 1.80. The molecular weight excluding hydrogens is 190 g/mol. The molecule has 0 amide bonds. The van der Waals surface area contributed by atoms with Gasteiger partial charge in [0.05, 0.1) is 0 Å². The summed E-state index contributed by atoms with van der Waals surface area (Å²) in [5, 5.41) is 7.85. The van der Waals surface area contributed by atoms with Gasteiger partial charge in [-0.15, -0.1) is 0 Å². The van der Waals surface area contributed by atoms with Crippen LogP contribution in [0.15, 0.2) is 16.8 Å². The van der Waals surface area contributed by atoms with Crippen molar-refractivity contribution in [3.05, 3.63) is 22.4 Å². The minimum atomic E-state index is 1.17. The second-order valence-electron chi connectivity index (χ2n) is 3.69. The average molecular weight is 211 g/mol. The summed E-state index contributed by atoms with van der Waals surface area (Å²) in [6.07, 6.45) is 6.52. The van der Waals surface area contributed by atoms with Gasteiger partial charge in [0.15, 0.2) is 0 Å². The summed E-state index contributed by atoms with van der Waals surface area (Å²) in [6.45, 7) is 4.57. The van der Waals surface area contributed by atoms with Crippen molar-refractivity contribution >= 4 is 11.3 Å². The van der Waals surface area contributed by atoms with Crippen molar-refractivity contribution in [1.29, 1.82) is 0 Å². The predicted molar refractivity (Wildman–Crippen MR) is 65.0 cm³/mol. The smallest absolute Gasteiger partial charge is 0.00489 e. The van der Waals surface area contributed by atoms with E-state index in [1.165, 1.54) is 50.8 Å². The fourth-order valence-electron chi connectivity index (χ4n) is 1.49. The molecule has 0 aliphatic carbocycles. The first-order chi connectivity index (χ1) is 6.93. The first-order valence-corrected chi connectivity index (χ1v) is 6.59. The zero-order valence-corrected chi connectivity index (χ0v) is 9.91. The Morgan fingerprint density at radius 1 is 1.21 bits per heavy atom. The Balaban J connectivity index is 1.85. The number of nitrogens with one attached hydrogen (secondary N) is 1. The van der Waals surface area contributed by atoms with Crippen LogP contribution in [0, 0.1) is 0 Å². The van der Waals surface area contributed by atoms with Crippen molar-refractivity contribution in [2.24, 2.45) is 0 Å². The minimum absolute atomic E-state index is 1.17. The van der Waals surface area contributed by atoms with E-state index in [-0.39, 0.29) is 0 Å². The van der Waals surface area contributed by atoms with Crippen LogP contribution in [0.25, 0.3) is 0 Å². The van der Waals surface area contributed by atoms with Gasteiger partial charge in [0.2, 0.25) is 0 Å². The molecule has 1 heterocycles. The van der Waals surface area contributed by atoms with Crippen molar-refractivity contribution in [2.45, 2.75) is 39.0 Å². The van der Waals surface area contributed by atoms with E-state index in [1.54, 1.807) is 11.3 Å². The molecule has 0 unspecified atom stereocenters. The fourth-order valence-corrected chi connectivity index (χ4v) is 2.20. The van der Waals surface area contributed by atoms with Crippen LogP contribution in [0.4, 0.5) is 0 Å². The van der Waals surface area contributed by atoms with E-state index in [9.17, 15) is 0 Å². The van der Waals surface area contributed by atoms with Gasteiger partial charge in [0.1, 0.15) is 0 Å². The topological polar surface area (TPSA) is 12.0 Å². The van der Waals surface area contributed by atoms with Gasteiger partial charge in [-0.1, -0.05) is 13.3 Å². The molecule has 0 aromatic carbocycles. The van der Waals surface area contributed by atoms with Crippen molar-refractivity contribution in [3.63, 3.8) is 0 Å². The van der Waals surface area contributed by atoms with Crippen LogP contribution in [-0.2, 0) is 6.42 Å². The third-order valence-corrected chi connectivity index (χ3v) is 3.06. The van der Waals surface area contributed by atoms with Crippen LogP contribution >= 0.6 is 11.3 Å². The molecule has 80 valence electrons. The Kier molecular flexibility index (Phi) is 6.71. The lowest BCUT2D eigenvalue weighted by atomic mass is 10.1. The van der Waals surface area contributed by atoms with Crippen LogP contribution in [0.1, 0.15) is 38.2 Å². The van der Waals surface area contributed by atoms with Crippen molar-refractivity contribution in [1.82, 2.24) is 5.32 Å². The highest BCUT2D eigenvalue weighted by Gasteiger charge is 1.93. The molecule has 2 heteroatoms. The van der Waals surface area contributed by atoms with E-state index in [4.69, 9.17) is 0 Å². The van der Waals surface area contributed by atoms with Gasteiger partial charge in [-0.25, -0.2) is 0 Å². The summed E-state index contributed by atoms with van der Waals surface area (Å²) in [6, 6.07) is 2.24. The largest absolute Gasteiger partial charge is 0.317 e. The van der Waals surface area contributed by atoms with Crippen LogP contribution < -0.4 is 5.32 Å². The first kappa shape index (κ1) is 11.7. The third kappa shape index (κ3) is 5.40. The average Bonchev–Trinajstić information content (AvgIpc) is 2.69. The van der Waals surface area contributed by atoms with Crippen LogP contribution in [-0.4, -0.2) is 13.1 Å². The Labute approximate surface area is 91.5 Å². The molecule has 1 N–H and O–H groups in total. The van der Waals surface area contributed by atoms with Gasteiger partial charge in [0, 0.05) is 0 Å². The molecule has 0 bridgehead atoms. The SMILES string of the molecule is CCCNCCCCCc1ccsc1. The molecule has 14 heavy (non-hydrogen) atoms. The van der Waals surface area contributed by atoms with E-state index in [1.807, 2.05) is 0 Å². The lowest BCUT2D eigenvalue weighted by molar-refractivity contribution is 0.599. The van der Waals surface area contributed by atoms with Gasteiger partial charge in [-0.3, -0.25) is 0 Å². The third-order valence-electron chi connectivity index (χ3n) is 2.33. The van der Waals surface area contributed by atoms with E-state index < -0.39 is 0 Å². The maximum atomic E-state index is 3.43. The molecule has 0 aliphatic rings. The van der Waals surface area contributed by atoms with E-state index >= 15 is 0 Å². The predicted octanol–water partition coefficient (Wildman–Crippen LogP) is 3.46. The van der Waals surface area contributed by atoms with Gasteiger partial charge in [-0.2, -0.15) is 11.3 Å². The summed E-state index contributed by atoms with van der Waals surface area (Å²) in [5.41, 5.74) is 1.51. The van der Waals surface area contributed by atoms with Crippen molar-refractivity contribution in [2.75, 3.05) is 13.1 Å². The van der Waals surface area contributed by atoms with E-state index in [2.05, 4.69) is 29.1 Å². The van der Waals surface area contributed by atoms with Crippen LogP contribution in [0.3, 0.4) is 0 Å². The molecule has 0 saturated heterocycles. The number of unbranched alkanes of at least 4 members (excludes halogenated alkanes) is 2. The van der Waals surface area contributed by atoms with E-state index in [0.717, 1.165) is 0 Å². The molecule has 0 saturated carbocycles. The highest BCUT2D eigenvalue weighted by molar-refractivity contribution is 7.07. The summed E-state index contributed by atoms with van der Waals surface area (Å²) in [7, 11) is 0. The van der Waals surface area contributed by atoms with Crippen LogP contribution in [0.5, 0.6) is 0 Å². The summed E-state index contributed by atoms with van der Waals surface area (Å²) < 4.78 is 0. The molecule has 0 fully saturated rings. The highest BCUT2D eigenvalue weighted by Crippen LogP contribution is 2.10. The number of thiophene rings is 1. The molecule has 1 rings (SSSR count). The number of hydrogen-bond donors (Lipinski definition) is 1. The maximum absolute atomic E-state index is 3.43. The molecule has 1 aromatic rings. The zero-order chi connectivity index (χ0) is 10.1. The molecule has 1 nitrogen and oxygen atoms in total. The number of hydrogen-bond acceptors (Lipinski definition) is 2. The lowest BCUT2D eigenvalue weighted by Gasteiger charge is -2.02. The fraction of sp³-hybridized carbons (Fsp3) is 0.667. The van der Waals surface area contributed by atoms with Crippen molar-refractivity contribution in [3.8, 4) is 0 Å².